The number of nitrogens with zero attached hydrogens (tertiary/aromatic N) is 1. The van der Waals surface area contributed by atoms with Crippen LogP contribution in [-0.2, 0) is 10.3 Å². The summed E-state index contributed by atoms with van der Waals surface area (Å²) in [5, 5.41) is 0.565. The molecule has 0 amide bonds. The van der Waals surface area contributed by atoms with Crippen LogP contribution in [0.2, 0.25) is 5.02 Å². The van der Waals surface area contributed by atoms with Crippen molar-refractivity contribution in [1.82, 2.24) is 0 Å². The van der Waals surface area contributed by atoms with Crippen LogP contribution < -0.4 is 9.64 Å². The van der Waals surface area contributed by atoms with Gasteiger partial charge in [0.1, 0.15) is 11.5 Å². The molecule has 4 nitrogen and oxygen atoms in total. The topological polar surface area (TPSA) is 38.8 Å². The molecule has 0 aromatic heterocycles. The Morgan fingerprint density at radius 1 is 0.897 bits per heavy atom. The third-order valence-corrected chi connectivity index (χ3v) is 6.02. The normalized spacial score (nSPS) is 18.5. The molecule has 1 spiro atoms. The summed E-state index contributed by atoms with van der Waals surface area (Å²) < 4.78 is 12.4. The van der Waals surface area contributed by atoms with Gasteiger partial charge in [0.2, 0.25) is 0 Å². The number of anilines is 1. The van der Waals surface area contributed by atoms with Crippen LogP contribution in [-0.4, -0.2) is 19.1 Å². The quantitative estimate of drug-likeness (QED) is 0.520. The van der Waals surface area contributed by atoms with E-state index >= 15 is 0 Å². The van der Waals surface area contributed by atoms with Crippen molar-refractivity contribution in [2.75, 3.05) is 18.0 Å². The van der Waals surface area contributed by atoms with Crippen LogP contribution in [0.1, 0.15) is 40.9 Å². The molecule has 0 N–H and O–H groups in total. The van der Waals surface area contributed by atoms with Gasteiger partial charge in [-0.25, -0.2) is 4.79 Å². The van der Waals surface area contributed by atoms with E-state index < -0.39 is 5.60 Å². The van der Waals surface area contributed by atoms with Crippen LogP contribution >= 0.6 is 11.6 Å². The van der Waals surface area contributed by atoms with Gasteiger partial charge in [0.05, 0.1) is 5.56 Å². The number of fused-ring (bicyclic) bond motifs is 6. The molecule has 0 radical (unpaired) electrons. The summed E-state index contributed by atoms with van der Waals surface area (Å²) in [7, 11) is 0. The van der Waals surface area contributed by atoms with E-state index in [-0.39, 0.29) is 5.97 Å². The van der Waals surface area contributed by atoms with Crippen molar-refractivity contribution in [3.8, 4) is 11.5 Å². The predicted octanol–water partition coefficient (Wildman–Crippen LogP) is 5.75. The largest absolute Gasteiger partial charge is 0.456 e. The zero-order valence-corrected chi connectivity index (χ0v) is 17.0. The molecule has 2 aliphatic heterocycles. The summed E-state index contributed by atoms with van der Waals surface area (Å²) in [5.41, 5.74) is 2.93. The minimum atomic E-state index is -1.07. The molecule has 29 heavy (non-hydrogen) atoms. The van der Waals surface area contributed by atoms with Crippen LogP contribution in [0.5, 0.6) is 11.5 Å². The zero-order valence-electron chi connectivity index (χ0n) is 16.2. The van der Waals surface area contributed by atoms with Crippen LogP contribution in [0.3, 0.4) is 0 Å². The molecule has 0 unspecified atom stereocenters. The summed E-state index contributed by atoms with van der Waals surface area (Å²) in [6, 6.07) is 19.0. The highest BCUT2D eigenvalue weighted by molar-refractivity contribution is 6.30. The fourth-order valence-corrected chi connectivity index (χ4v) is 4.59. The first kappa shape index (κ1) is 18.1. The Hall–Kier alpha value is -2.98. The smallest absolute Gasteiger partial charge is 0.340 e. The standard InChI is InChI=1S/C24H20ClNO3/c1-3-26(4-2)16-10-11-19-22(14-16)28-21-12-9-15(25)13-20(21)24(19)18-8-6-5-7-17(18)23(27)29-24/h5-14H,3-4H2,1-2H3/t24-/m0/s1. The van der Waals surface area contributed by atoms with E-state index in [4.69, 9.17) is 21.1 Å². The Morgan fingerprint density at radius 3 is 2.48 bits per heavy atom. The summed E-state index contributed by atoms with van der Waals surface area (Å²) in [6.07, 6.45) is 0. The van der Waals surface area contributed by atoms with Crippen LogP contribution in [0, 0.1) is 0 Å². The van der Waals surface area contributed by atoms with E-state index in [9.17, 15) is 4.79 Å². The molecule has 1 atom stereocenters. The lowest BCUT2D eigenvalue weighted by Crippen LogP contribution is -2.33. The second kappa shape index (κ2) is 6.53. The highest BCUT2D eigenvalue weighted by Gasteiger charge is 2.53. The van der Waals surface area contributed by atoms with Crippen molar-refractivity contribution in [2.45, 2.75) is 19.4 Å². The third-order valence-electron chi connectivity index (χ3n) is 5.79. The van der Waals surface area contributed by atoms with Gasteiger partial charge in [-0.15, -0.1) is 0 Å². The van der Waals surface area contributed by atoms with E-state index in [0.717, 1.165) is 35.5 Å². The fourth-order valence-electron chi connectivity index (χ4n) is 4.42. The molecule has 0 saturated heterocycles. The van der Waals surface area contributed by atoms with Gasteiger partial charge >= 0.3 is 5.97 Å². The predicted molar refractivity (Wildman–Crippen MR) is 113 cm³/mol. The monoisotopic (exact) mass is 405 g/mol. The summed E-state index contributed by atoms with van der Waals surface area (Å²) in [6.45, 7) is 6.03. The molecular weight excluding hydrogens is 386 g/mol. The second-order valence-corrected chi connectivity index (χ2v) is 7.65. The maximum atomic E-state index is 12.8. The van der Waals surface area contributed by atoms with Gasteiger partial charge in [-0.05, 0) is 50.2 Å². The number of hydrogen-bond acceptors (Lipinski definition) is 4. The molecule has 2 heterocycles. The first-order chi connectivity index (χ1) is 14.1. The molecule has 146 valence electrons. The van der Waals surface area contributed by atoms with Crippen molar-refractivity contribution >= 4 is 23.3 Å². The van der Waals surface area contributed by atoms with Crippen molar-refractivity contribution in [1.29, 1.82) is 0 Å². The molecular formula is C24H20ClNO3. The fraction of sp³-hybridized carbons (Fsp3) is 0.208. The lowest BCUT2D eigenvalue weighted by molar-refractivity contribution is 0.0224. The molecule has 3 aromatic rings. The Morgan fingerprint density at radius 2 is 1.69 bits per heavy atom. The van der Waals surface area contributed by atoms with E-state index in [1.54, 1.807) is 12.1 Å². The summed E-state index contributed by atoms with van der Waals surface area (Å²) in [5.74, 6) is 0.990. The average molecular weight is 406 g/mol. The Bertz CT molecular complexity index is 1140. The minimum absolute atomic E-state index is 0.341. The van der Waals surface area contributed by atoms with Gasteiger partial charge < -0.3 is 14.4 Å². The molecule has 5 heteroatoms. The first-order valence-electron chi connectivity index (χ1n) is 9.78. The van der Waals surface area contributed by atoms with E-state index in [0.29, 0.717) is 22.1 Å². The van der Waals surface area contributed by atoms with Gasteiger partial charge in [-0.3, -0.25) is 0 Å². The van der Waals surface area contributed by atoms with Crippen molar-refractivity contribution in [3.05, 3.63) is 87.9 Å². The molecule has 2 aliphatic rings. The Kier molecular flexibility index (Phi) is 4.07. The Balaban J connectivity index is 1.81. The van der Waals surface area contributed by atoms with Gasteiger partial charge in [-0.1, -0.05) is 29.8 Å². The van der Waals surface area contributed by atoms with Crippen molar-refractivity contribution < 1.29 is 14.3 Å². The van der Waals surface area contributed by atoms with Crippen LogP contribution in [0.15, 0.2) is 60.7 Å². The van der Waals surface area contributed by atoms with E-state index in [1.165, 1.54) is 0 Å². The van der Waals surface area contributed by atoms with Gasteiger partial charge in [0, 0.05) is 46.6 Å². The average Bonchev–Trinajstić information content (AvgIpc) is 3.03. The highest BCUT2D eigenvalue weighted by atomic mass is 35.5. The molecule has 0 saturated carbocycles. The second-order valence-electron chi connectivity index (χ2n) is 7.21. The molecule has 5 rings (SSSR count). The van der Waals surface area contributed by atoms with E-state index in [2.05, 4.69) is 24.8 Å². The number of carbonyl (C=O) groups is 1. The number of benzene rings is 3. The molecule has 3 aromatic carbocycles. The van der Waals surface area contributed by atoms with Gasteiger partial charge in [0.25, 0.3) is 0 Å². The lowest BCUT2D eigenvalue weighted by Gasteiger charge is -2.37. The summed E-state index contributed by atoms with van der Waals surface area (Å²) >= 11 is 6.33. The summed E-state index contributed by atoms with van der Waals surface area (Å²) in [4.78, 5) is 15.1. The number of ether oxygens (including phenoxy) is 2. The minimum Gasteiger partial charge on any atom is -0.456 e. The van der Waals surface area contributed by atoms with E-state index in [1.807, 2.05) is 42.5 Å². The number of hydrogen-bond donors (Lipinski definition) is 0. The van der Waals surface area contributed by atoms with Crippen LogP contribution in [0.25, 0.3) is 0 Å². The first-order valence-corrected chi connectivity index (χ1v) is 10.2. The SMILES string of the molecule is CCN(CC)c1ccc2c(c1)Oc1ccc(Cl)cc1[C@@]21OC(=O)c2ccccc21. The van der Waals surface area contributed by atoms with Crippen molar-refractivity contribution in [2.24, 2.45) is 0 Å². The molecule has 0 bridgehead atoms. The maximum Gasteiger partial charge on any atom is 0.340 e. The highest BCUT2D eigenvalue weighted by Crippen LogP contribution is 2.56. The number of halogens is 1. The number of carbonyl (C=O) groups excluding carboxylic acids is 1. The van der Waals surface area contributed by atoms with Crippen LogP contribution in [0.4, 0.5) is 5.69 Å². The Labute approximate surface area is 174 Å². The maximum absolute atomic E-state index is 12.8. The third kappa shape index (κ3) is 2.49. The molecule has 0 aliphatic carbocycles. The molecule has 0 fully saturated rings. The lowest BCUT2D eigenvalue weighted by atomic mass is 9.77. The van der Waals surface area contributed by atoms with Crippen molar-refractivity contribution in [3.63, 3.8) is 0 Å². The number of esters is 1. The zero-order chi connectivity index (χ0) is 20.2. The van der Waals surface area contributed by atoms with Gasteiger partial charge in [-0.2, -0.15) is 0 Å². The number of rotatable bonds is 3. The van der Waals surface area contributed by atoms with Gasteiger partial charge in [0.15, 0.2) is 5.60 Å².